The van der Waals surface area contributed by atoms with Crippen LogP contribution in [0.3, 0.4) is 0 Å². The van der Waals surface area contributed by atoms with Gasteiger partial charge < -0.3 is 14.0 Å². The van der Waals surface area contributed by atoms with Crippen LogP contribution >= 0.6 is 0 Å². The van der Waals surface area contributed by atoms with Gasteiger partial charge in [0.05, 0.1) is 11.7 Å². The number of carbonyl (C=O) groups excluding carboxylic acids is 1. The Morgan fingerprint density at radius 3 is 2.95 bits per heavy atom. The monoisotopic (exact) mass is 302 g/mol. The molecule has 1 unspecified atom stereocenters. The molecule has 1 atom stereocenters. The lowest BCUT2D eigenvalue weighted by molar-refractivity contribution is 0.0636. The number of carbonyl (C=O) groups is 1. The zero-order chi connectivity index (χ0) is 15.7. The lowest BCUT2D eigenvalue weighted by atomic mass is 10.0. The zero-order valence-electron chi connectivity index (χ0n) is 13.3. The van der Waals surface area contributed by atoms with Crippen molar-refractivity contribution in [3.63, 3.8) is 0 Å². The van der Waals surface area contributed by atoms with E-state index in [1.807, 2.05) is 24.2 Å². The minimum Gasteiger partial charge on any atom is -0.351 e. The summed E-state index contributed by atoms with van der Waals surface area (Å²) in [6, 6.07) is 1.98. The van der Waals surface area contributed by atoms with Crippen LogP contribution in [0.15, 0.2) is 23.0 Å². The van der Waals surface area contributed by atoms with Gasteiger partial charge in [-0.05, 0) is 19.8 Å². The number of likely N-dealkylation sites (tertiary alicyclic amines) is 1. The fourth-order valence-electron chi connectivity index (χ4n) is 3.07. The van der Waals surface area contributed by atoms with Crippen LogP contribution in [0.2, 0.25) is 0 Å². The van der Waals surface area contributed by atoms with E-state index in [9.17, 15) is 4.79 Å². The van der Waals surface area contributed by atoms with Crippen molar-refractivity contribution in [3.8, 4) is 0 Å². The highest BCUT2D eigenvalue weighted by molar-refractivity contribution is 5.91. The molecule has 6 nitrogen and oxygen atoms in total. The Morgan fingerprint density at radius 2 is 2.27 bits per heavy atom. The van der Waals surface area contributed by atoms with E-state index in [0.29, 0.717) is 18.2 Å². The molecule has 1 amide bonds. The molecule has 3 rings (SSSR count). The van der Waals surface area contributed by atoms with Gasteiger partial charge in [0.25, 0.3) is 5.91 Å². The Balaban J connectivity index is 1.77. The van der Waals surface area contributed by atoms with E-state index in [4.69, 9.17) is 4.52 Å². The number of aryl methyl sites for hydroxylation is 1. The summed E-state index contributed by atoms with van der Waals surface area (Å²) >= 11 is 0. The average molecular weight is 302 g/mol. The highest BCUT2D eigenvalue weighted by atomic mass is 16.5. The van der Waals surface area contributed by atoms with Gasteiger partial charge in [-0.1, -0.05) is 19.0 Å². The van der Waals surface area contributed by atoms with Gasteiger partial charge in [0.15, 0.2) is 0 Å². The van der Waals surface area contributed by atoms with Crippen LogP contribution in [0.4, 0.5) is 0 Å². The second-order valence-electron chi connectivity index (χ2n) is 6.23. The SMILES string of the molecule is Cc1cc(C(=O)N2CCCC(n3ccnc3C(C)C)C2)on1. The maximum Gasteiger partial charge on any atom is 0.292 e. The molecule has 0 aromatic carbocycles. The average Bonchev–Trinajstić information content (AvgIpc) is 3.15. The van der Waals surface area contributed by atoms with Gasteiger partial charge in [0.1, 0.15) is 5.82 Å². The van der Waals surface area contributed by atoms with E-state index in [0.717, 1.165) is 30.9 Å². The number of piperidine rings is 1. The number of nitrogens with zero attached hydrogens (tertiary/aromatic N) is 4. The summed E-state index contributed by atoms with van der Waals surface area (Å²) < 4.78 is 7.32. The van der Waals surface area contributed by atoms with Crippen molar-refractivity contribution >= 4 is 5.91 Å². The van der Waals surface area contributed by atoms with E-state index in [1.165, 1.54) is 0 Å². The molecule has 0 aliphatic carbocycles. The number of aromatic nitrogens is 3. The van der Waals surface area contributed by atoms with Crippen LogP contribution in [0.1, 0.15) is 60.7 Å². The molecule has 1 fully saturated rings. The van der Waals surface area contributed by atoms with Crippen molar-refractivity contribution in [2.24, 2.45) is 0 Å². The maximum atomic E-state index is 12.5. The standard InChI is InChI=1S/C16H22N4O2/c1-11(2)15-17-6-8-20(15)13-5-4-7-19(10-13)16(21)14-9-12(3)18-22-14/h6,8-9,11,13H,4-5,7,10H2,1-3H3. The van der Waals surface area contributed by atoms with Crippen molar-refractivity contribution in [2.45, 2.75) is 45.6 Å². The summed E-state index contributed by atoms with van der Waals surface area (Å²) in [4.78, 5) is 18.8. The molecule has 1 aliphatic rings. The molecule has 1 saturated heterocycles. The van der Waals surface area contributed by atoms with Crippen molar-refractivity contribution in [1.29, 1.82) is 0 Å². The predicted octanol–water partition coefficient (Wildman–Crippen LogP) is 2.78. The Labute approximate surface area is 130 Å². The Hall–Kier alpha value is -2.11. The number of hydrogen-bond acceptors (Lipinski definition) is 4. The summed E-state index contributed by atoms with van der Waals surface area (Å²) in [6.45, 7) is 7.55. The molecule has 118 valence electrons. The lowest BCUT2D eigenvalue weighted by Gasteiger charge is -2.33. The number of hydrogen-bond donors (Lipinski definition) is 0. The number of rotatable bonds is 3. The second kappa shape index (κ2) is 5.94. The molecule has 0 saturated carbocycles. The lowest BCUT2D eigenvalue weighted by Crippen LogP contribution is -2.40. The van der Waals surface area contributed by atoms with Gasteiger partial charge in [-0.3, -0.25) is 4.79 Å². The van der Waals surface area contributed by atoms with E-state index in [2.05, 4.69) is 28.6 Å². The molecule has 0 radical (unpaired) electrons. The van der Waals surface area contributed by atoms with E-state index in [-0.39, 0.29) is 11.9 Å². The quantitative estimate of drug-likeness (QED) is 0.874. The van der Waals surface area contributed by atoms with Crippen LogP contribution in [0, 0.1) is 6.92 Å². The maximum absolute atomic E-state index is 12.5. The topological polar surface area (TPSA) is 64.2 Å². The van der Waals surface area contributed by atoms with Gasteiger partial charge in [0, 0.05) is 37.5 Å². The normalized spacial score (nSPS) is 18.9. The minimum absolute atomic E-state index is 0.0727. The fraction of sp³-hybridized carbons (Fsp3) is 0.562. The highest BCUT2D eigenvalue weighted by Crippen LogP contribution is 2.26. The first kappa shape index (κ1) is 14.8. The van der Waals surface area contributed by atoms with Gasteiger partial charge in [-0.25, -0.2) is 4.98 Å². The summed E-state index contributed by atoms with van der Waals surface area (Å²) in [6.07, 6.45) is 5.91. The van der Waals surface area contributed by atoms with E-state index in [1.54, 1.807) is 6.07 Å². The second-order valence-corrected chi connectivity index (χ2v) is 6.23. The molecule has 6 heteroatoms. The van der Waals surface area contributed by atoms with Crippen LogP contribution in [0.25, 0.3) is 0 Å². The predicted molar refractivity (Wildman–Crippen MR) is 81.7 cm³/mol. The van der Waals surface area contributed by atoms with Gasteiger partial charge in [-0.15, -0.1) is 0 Å². The summed E-state index contributed by atoms with van der Waals surface area (Å²) in [7, 11) is 0. The van der Waals surface area contributed by atoms with Gasteiger partial charge in [0.2, 0.25) is 5.76 Å². The first-order valence-electron chi connectivity index (χ1n) is 7.81. The molecule has 2 aromatic rings. The Morgan fingerprint density at radius 1 is 1.45 bits per heavy atom. The molecular formula is C16H22N4O2. The van der Waals surface area contributed by atoms with Gasteiger partial charge in [-0.2, -0.15) is 0 Å². The summed E-state index contributed by atoms with van der Waals surface area (Å²) in [5, 5.41) is 3.80. The largest absolute Gasteiger partial charge is 0.351 e. The number of amides is 1. The van der Waals surface area contributed by atoms with Crippen LogP contribution in [-0.2, 0) is 0 Å². The summed E-state index contributed by atoms with van der Waals surface area (Å²) in [5.41, 5.74) is 0.730. The molecule has 0 bridgehead atoms. The molecule has 0 spiro atoms. The molecule has 3 heterocycles. The van der Waals surface area contributed by atoms with E-state index < -0.39 is 0 Å². The number of imidazole rings is 1. The molecular weight excluding hydrogens is 280 g/mol. The van der Waals surface area contributed by atoms with Crippen LogP contribution in [0.5, 0.6) is 0 Å². The Bertz CT molecular complexity index is 659. The first-order valence-corrected chi connectivity index (χ1v) is 7.81. The van der Waals surface area contributed by atoms with E-state index >= 15 is 0 Å². The molecule has 22 heavy (non-hydrogen) atoms. The van der Waals surface area contributed by atoms with Crippen molar-refractivity contribution < 1.29 is 9.32 Å². The third kappa shape index (κ3) is 2.77. The Kier molecular flexibility index (Phi) is 4.00. The molecule has 0 N–H and O–H groups in total. The van der Waals surface area contributed by atoms with Crippen LogP contribution < -0.4 is 0 Å². The fourth-order valence-corrected chi connectivity index (χ4v) is 3.07. The van der Waals surface area contributed by atoms with Crippen LogP contribution in [-0.4, -0.2) is 38.6 Å². The molecule has 2 aromatic heterocycles. The smallest absolute Gasteiger partial charge is 0.292 e. The van der Waals surface area contributed by atoms with Crippen molar-refractivity contribution in [3.05, 3.63) is 35.7 Å². The highest BCUT2D eigenvalue weighted by Gasteiger charge is 2.28. The summed E-state index contributed by atoms with van der Waals surface area (Å²) in [5.74, 6) is 1.71. The molecule has 1 aliphatic heterocycles. The third-order valence-corrected chi connectivity index (χ3v) is 4.13. The van der Waals surface area contributed by atoms with Crippen molar-refractivity contribution in [2.75, 3.05) is 13.1 Å². The minimum atomic E-state index is -0.0727. The van der Waals surface area contributed by atoms with Crippen molar-refractivity contribution in [1.82, 2.24) is 19.6 Å². The van der Waals surface area contributed by atoms with Gasteiger partial charge >= 0.3 is 0 Å². The zero-order valence-corrected chi connectivity index (χ0v) is 13.3. The first-order chi connectivity index (χ1) is 10.6. The third-order valence-electron chi connectivity index (χ3n) is 4.13.